The number of carbonyl (C=O) groups is 3. The Bertz CT molecular complexity index is 1100. The molecule has 166 valence electrons. The minimum absolute atomic E-state index is 0.148. The third kappa shape index (κ3) is 3.27. The van der Waals surface area contributed by atoms with Crippen LogP contribution in [0.25, 0.3) is 0 Å². The van der Waals surface area contributed by atoms with Crippen molar-refractivity contribution in [2.45, 2.75) is 29.9 Å². The van der Waals surface area contributed by atoms with Crippen molar-refractivity contribution in [2.24, 2.45) is 23.7 Å². The molecule has 1 heterocycles. The van der Waals surface area contributed by atoms with Crippen molar-refractivity contribution in [1.29, 1.82) is 0 Å². The van der Waals surface area contributed by atoms with Crippen LogP contribution in [-0.2, 0) is 9.59 Å². The number of anilines is 1. The average molecular weight is 561 g/mol. The Hall–Kier alpha value is -1.99. The van der Waals surface area contributed by atoms with Gasteiger partial charge in [-0.05, 0) is 61.4 Å². The van der Waals surface area contributed by atoms with Crippen molar-refractivity contribution in [1.82, 2.24) is 0 Å². The Morgan fingerprint density at radius 2 is 1.59 bits per heavy atom. The minimum atomic E-state index is -0.295. The van der Waals surface area contributed by atoms with Crippen molar-refractivity contribution >= 4 is 55.1 Å². The Morgan fingerprint density at radius 1 is 0.969 bits per heavy atom. The van der Waals surface area contributed by atoms with Crippen LogP contribution in [-0.4, -0.2) is 33.9 Å². The number of ketones is 1. The number of halogens is 2. The lowest BCUT2D eigenvalue weighted by atomic mass is 9.81. The normalized spacial score (nSPS) is 30.7. The van der Waals surface area contributed by atoms with E-state index in [1.165, 1.54) is 4.90 Å². The van der Waals surface area contributed by atoms with Gasteiger partial charge in [0.2, 0.25) is 11.8 Å². The molecule has 3 aliphatic rings. The van der Waals surface area contributed by atoms with Gasteiger partial charge in [-0.15, -0.1) is 0 Å². The van der Waals surface area contributed by atoms with Gasteiger partial charge < -0.3 is 4.74 Å². The number of aryl methyl sites for hydroxylation is 2. The van der Waals surface area contributed by atoms with Crippen molar-refractivity contribution in [3.63, 3.8) is 0 Å². The molecule has 2 saturated carbocycles. The summed E-state index contributed by atoms with van der Waals surface area (Å²) in [5, 5.41) is 0. The number of fused-ring (bicyclic) bond motifs is 5. The summed E-state index contributed by atoms with van der Waals surface area (Å²) in [6.07, 6.45) is 0.884. The summed E-state index contributed by atoms with van der Waals surface area (Å²) < 4.78 is 5.85. The summed E-state index contributed by atoms with van der Waals surface area (Å²) in [6.45, 7) is 3.80. The highest BCUT2D eigenvalue weighted by Gasteiger charge is 2.66. The number of ether oxygens (including phenoxy) is 1. The van der Waals surface area contributed by atoms with Gasteiger partial charge in [-0.2, -0.15) is 0 Å². The molecule has 2 aromatic rings. The van der Waals surface area contributed by atoms with Gasteiger partial charge in [-0.1, -0.05) is 56.1 Å². The highest BCUT2D eigenvalue weighted by Crippen LogP contribution is 2.60. The molecule has 3 fully saturated rings. The van der Waals surface area contributed by atoms with E-state index in [4.69, 9.17) is 4.74 Å². The summed E-state index contributed by atoms with van der Waals surface area (Å²) in [7, 11) is 0. The number of hydrogen-bond acceptors (Lipinski definition) is 4. The molecule has 6 atom stereocenters. The van der Waals surface area contributed by atoms with E-state index in [9.17, 15) is 14.4 Å². The van der Waals surface area contributed by atoms with Gasteiger partial charge in [0.1, 0.15) is 5.75 Å². The van der Waals surface area contributed by atoms with Gasteiger partial charge in [-0.3, -0.25) is 14.4 Å². The molecule has 0 radical (unpaired) electrons. The number of nitrogens with zero attached hydrogens (tertiary/aromatic N) is 1. The fraction of sp³-hybridized carbons (Fsp3) is 0.400. The second-order valence-electron chi connectivity index (χ2n) is 8.99. The lowest BCUT2D eigenvalue weighted by molar-refractivity contribution is -0.123. The highest BCUT2D eigenvalue weighted by atomic mass is 79.9. The zero-order chi connectivity index (χ0) is 22.7. The first kappa shape index (κ1) is 21.8. The Kier molecular flexibility index (Phi) is 5.53. The monoisotopic (exact) mass is 559 g/mol. The molecule has 2 bridgehead atoms. The van der Waals surface area contributed by atoms with Crippen LogP contribution in [0, 0.1) is 37.5 Å². The lowest BCUT2D eigenvalue weighted by Gasteiger charge is -2.28. The Morgan fingerprint density at radius 3 is 2.22 bits per heavy atom. The first-order valence-corrected chi connectivity index (χ1v) is 12.6. The molecule has 5 nitrogen and oxygen atoms in total. The number of alkyl halides is 2. The van der Waals surface area contributed by atoms with E-state index in [-0.39, 0.29) is 57.5 Å². The molecule has 2 aliphatic carbocycles. The number of para-hydroxylation sites is 2. The van der Waals surface area contributed by atoms with Crippen LogP contribution in [0.4, 0.5) is 5.69 Å². The fourth-order valence-corrected chi connectivity index (χ4v) is 7.37. The summed E-state index contributed by atoms with van der Waals surface area (Å²) >= 11 is 7.43. The molecule has 2 aromatic carbocycles. The number of amides is 2. The molecule has 5 rings (SSSR count). The van der Waals surface area contributed by atoms with Crippen LogP contribution in [0.2, 0.25) is 0 Å². The summed E-state index contributed by atoms with van der Waals surface area (Å²) in [4.78, 5) is 41.1. The van der Waals surface area contributed by atoms with Gasteiger partial charge >= 0.3 is 0 Å². The van der Waals surface area contributed by atoms with Gasteiger partial charge in [0.05, 0.1) is 17.5 Å². The number of Topliss-reactive ketones (excluding diaryl/α,β-unsaturated/α-hetero) is 1. The van der Waals surface area contributed by atoms with Crippen LogP contribution in [0.3, 0.4) is 0 Å². The molecule has 0 aromatic heterocycles. The maximum absolute atomic E-state index is 13.4. The number of rotatable bonds is 5. The summed E-state index contributed by atoms with van der Waals surface area (Å²) in [6, 6.07) is 12.5. The number of imide groups is 1. The Balaban J connectivity index is 1.38. The molecule has 2 amide bonds. The Labute approximate surface area is 203 Å². The second kappa shape index (κ2) is 8.10. The van der Waals surface area contributed by atoms with E-state index >= 15 is 0 Å². The van der Waals surface area contributed by atoms with Crippen LogP contribution in [0.5, 0.6) is 5.75 Å². The molecule has 0 unspecified atom stereocenters. The van der Waals surface area contributed by atoms with Gasteiger partial charge in [0.15, 0.2) is 12.4 Å². The molecule has 1 saturated heterocycles. The first-order chi connectivity index (χ1) is 15.3. The zero-order valence-electron chi connectivity index (χ0n) is 17.8. The first-order valence-electron chi connectivity index (χ1n) is 10.8. The van der Waals surface area contributed by atoms with Gasteiger partial charge in [0, 0.05) is 15.2 Å². The predicted molar refractivity (Wildman–Crippen MR) is 129 cm³/mol. The molecule has 32 heavy (non-hydrogen) atoms. The standard InChI is InChI=1S/C25H23Br2NO4/c1-12-7-8-14(9-13(12)2)18(29)11-32-19-6-4-3-5-17(19)28-24(30)20-15-10-16(21(20)25(28)31)23(27)22(15)26/h3-9,15-16,20-23H,10-11H2,1-2H3/t15-,16+,20-,21+,22-,23+. The average Bonchev–Trinajstić information content (AvgIpc) is 3.39. The quantitative estimate of drug-likeness (QED) is 0.298. The van der Waals surface area contributed by atoms with Crippen LogP contribution >= 0.6 is 31.9 Å². The molecule has 1 aliphatic heterocycles. The van der Waals surface area contributed by atoms with E-state index < -0.39 is 0 Å². The maximum Gasteiger partial charge on any atom is 0.238 e. The highest BCUT2D eigenvalue weighted by molar-refractivity contribution is 9.12. The van der Waals surface area contributed by atoms with E-state index in [1.807, 2.05) is 26.0 Å². The van der Waals surface area contributed by atoms with E-state index in [0.717, 1.165) is 17.5 Å². The third-order valence-electron chi connectivity index (χ3n) is 7.28. The molecule has 0 N–H and O–H groups in total. The number of benzene rings is 2. The molecular weight excluding hydrogens is 538 g/mol. The SMILES string of the molecule is Cc1ccc(C(=O)COc2ccccc2N2C(=O)[C@@H]3[C@H]4C[C@H]([C@H](Br)[C@@H]4Br)[C@@H]3C2=O)cc1C. The number of hydrogen-bond donors (Lipinski definition) is 0. The smallest absolute Gasteiger partial charge is 0.238 e. The molecule has 0 spiro atoms. The van der Waals surface area contributed by atoms with E-state index in [0.29, 0.717) is 17.0 Å². The minimum Gasteiger partial charge on any atom is -0.483 e. The van der Waals surface area contributed by atoms with Gasteiger partial charge in [0.25, 0.3) is 0 Å². The van der Waals surface area contributed by atoms with E-state index in [2.05, 4.69) is 31.9 Å². The summed E-state index contributed by atoms with van der Waals surface area (Å²) in [5.74, 6) is -0.399. The molecule has 7 heteroatoms. The van der Waals surface area contributed by atoms with Crippen molar-refractivity contribution in [3.05, 3.63) is 59.2 Å². The lowest BCUT2D eigenvalue weighted by Crippen LogP contribution is -2.37. The van der Waals surface area contributed by atoms with Crippen LogP contribution in [0.1, 0.15) is 27.9 Å². The summed E-state index contributed by atoms with van der Waals surface area (Å²) in [5.41, 5.74) is 3.16. The largest absolute Gasteiger partial charge is 0.483 e. The molecular formula is C25H23Br2NO4. The predicted octanol–water partition coefficient (Wildman–Crippen LogP) is 4.85. The number of carbonyl (C=O) groups excluding carboxylic acids is 3. The second-order valence-corrected chi connectivity index (χ2v) is 11.1. The van der Waals surface area contributed by atoms with E-state index in [1.54, 1.807) is 30.3 Å². The van der Waals surface area contributed by atoms with Crippen LogP contribution < -0.4 is 9.64 Å². The third-order valence-corrected chi connectivity index (χ3v) is 10.5. The maximum atomic E-state index is 13.4. The van der Waals surface area contributed by atoms with Crippen LogP contribution in [0.15, 0.2) is 42.5 Å². The van der Waals surface area contributed by atoms with Crippen molar-refractivity contribution in [3.8, 4) is 5.75 Å². The van der Waals surface area contributed by atoms with Crippen molar-refractivity contribution in [2.75, 3.05) is 11.5 Å². The zero-order valence-corrected chi connectivity index (χ0v) is 20.9. The topological polar surface area (TPSA) is 63.7 Å². The van der Waals surface area contributed by atoms with Gasteiger partial charge in [-0.25, -0.2) is 4.90 Å². The fourth-order valence-electron chi connectivity index (χ4n) is 5.49. The van der Waals surface area contributed by atoms with Crippen molar-refractivity contribution < 1.29 is 19.1 Å².